The molecule has 0 aliphatic heterocycles. The van der Waals surface area contributed by atoms with Gasteiger partial charge in [-0.15, -0.1) is 0 Å². The summed E-state index contributed by atoms with van der Waals surface area (Å²) in [5, 5.41) is 0.937. The number of H-pyrrole nitrogens is 1. The van der Waals surface area contributed by atoms with Gasteiger partial charge in [-0.05, 0) is 34.7 Å². The van der Waals surface area contributed by atoms with E-state index in [-0.39, 0.29) is 5.97 Å². The lowest BCUT2D eigenvalue weighted by Crippen LogP contribution is -2.00. The van der Waals surface area contributed by atoms with E-state index in [0.29, 0.717) is 5.75 Å². The second-order valence-electron chi connectivity index (χ2n) is 2.91. The molecule has 72 valence electrons. The Kier molecular flexibility index (Phi) is 2.45. The first-order chi connectivity index (χ1) is 6.68. The number of aromatic nitrogens is 1. The summed E-state index contributed by atoms with van der Waals surface area (Å²) in [7, 11) is 0. The molecule has 14 heavy (non-hydrogen) atoms. The maximum absolute atomic E-state index is 10.8. The Labute approximate surface area is 94.6 Å². The molecule has 2 aromatic rings. The van der Waals surface area contributed by atoms with Gasteiger partial charge in [-0.1, -0.05) is 6.07 Å². The van der Waals surface area contributed by atoms with Crippen LogP contribution in [0.5, 0.6) is 5.75 Å². The molecule has 0 spiro atoms. The monoisotopic (exact) mass is 301 g/mol. The molecule has 1 aromatic heterocycles. The van der Waals surface area contributed by atoms with Crippen LogP contribution in [0.15, 0.2) is 24.4 Å². The zero-order valence-electron chi connectivity index (χ0n) is 7.50. The van der Waals surface area contributed by atoms with Gasteiger partial charge in [0, 0.05) is 22.1 Å². The number of ether oxygens (including phenoxy) is 1. The minimum Gasteiger partial charge on any atom is -0.424 e. The van der Waals surface area contributed by atoms with Crippen molar-refractivity contribution in [2.24, 2.45) is 0 Å². The highest BCUT2D eigenvalue weighted by Gasteiger charge is 2.07. The van der Waals surface area contributed by atoms with Gasteiger partial charge in [-0.25, -0.2) is 0 Å². The van der Waals surface area contributed by atoms with E-state index < -0.39 is 0 Å². The van der Waals surface area contributed by atoms with Gasteiger partial charge < -0.3 is 9.72 Å². The summed E-state index contributed by atoms with van der Waals surface area (Å²) in [6, 6.07) is 5.86. The number of rotatable bonds is 1. The molecule has 2 rings (SSSR count). The number of carbonyl (C=O) groups excluding carboxylic acids is 1. The van der Waals surface area contributed by atoms with Gasteiger partial charge in [-0.3, -0.25) is 4.79 Å². The predicted octanol–water partition coefficient (Wildman–Crippen LogP) is 2.70. The quantitative estimate of drug-likeness (QED) is 0.650. The Bertz CT molecular complexity index is 490. The average Bonchev–Trinajstić information content (AvgIpc) is 2.49. The van der Waals surface area contributed by atoms with Gasteiger partial charge in [0.25, 0.3) is 0 Å². The Balaban J connectivity index is 2.58. The first-order valence-corrected chi connectivity index (χ1v) is 5.20. The van der Waals surface area contributed by atoms with E-state index in [9.17, 15) is 4.79 Å². The molecule has 0 unspecified atom stereocenters. The van der Waals surface area contributed by atoms with E-state index in [0.717, 1.165) is 14.5 Å². The van der Waals surface area contributed by atoms with Crippen LogP contribution >= 0.6 is 22.6 Å². The highest BCUT2D eigenvalue weighted by atomic mass is 127. The SMILES string of the molecule is CC(=O)Oc1c[nH]c2c(I)cccc12. The molecule has 1 N–H and O–H groups in total. The summed E-state index contributed by atoms with van der Waals surface area (Å²) in [6.45, 7) is 1.40. The number of aromatic amines is 1. The number of hydrogen-bond acceptors (Lipinski definition) is 2. The number of hydrogen-bond donors (Lipinski definition) is 1. The molecule has 0 bridgehead atoms. The molecule has 1 heterocycles. The number of nitrogens with one attached hydrogen (secondary N) is 1. The molecular weight excluding hydrogens is 293 g/mol. The Morgan fingerprint density at radius 3 is 3.00 bits per heavy atom. The molecule has 0 atom stereocenters. The van der Waals surface area contributed by atoms with Crippen LogP contribution in [0.4, 0.5) is 0 Å². The molecule has 4 heteroatoms. The molecule has 0 aliphatic rings. The maximum atomic E-state index is 10.8. The highest BCUT2D eigenvalue weighted by molar-refractivity contribution is 14.1. The minimum absolute atomic E-state index is 0.301. The molecule has 0 amide bonds. The Morgan fingerprint density at radius 2 is 2.29 bits per heavy atom. The lowest BCUT2D eigenvalue weighted by atomic mass is 10.2. The molecule has 0 saturated heterocycles. The van der Waals surface area contributed by atoms with Crippen LogP contribution in [0.25, 0.3) is 10.9 Å². The fraction of sp³-hybridized carbons (Fsp3) is 0.100. The van der Waals surface area contributed by atoms with E-state index in [1.54, 1.807) is 6.20 Å². The topological polar surface area (TPSA) is 42.1 Å². The molecule has 0 radical (unpaired) electrons. The van der Waals surface area contributed by atoms with Crippen LogP contribution in [-0.2, 0) is 4.79 Å². The van der Waals surface area contributed by atoms with Crippen molar-refractivity contribution in [3.8, 4) is 5.75 Å². The fourth-order valence-electron chi connectivity index (χ4n) is 1.33. The summed E-state index contributed by atoms with van der Waals surface area (Å²) in [6.07, 6.45) is 1.70. The van der Waals surface area contributed by atoms with Gasteiger partial charge >= 0.3 is 5.97 Å². The number of para-hydroxylation sites is 1. The van der Waals surface area contributed by atoms with Crippen LogP contribution < -0.4 is 4.74 Å². The maximum Gasteiger partial charge on any atom is 0.308 e. The van der Waals surface area contributed by atoms with Crippen LogP contribution in [0, 0.1) is 3.57 Å². The Hall–Kier alpha value is -1.04. The number of fused-ring (bicyclic) bond motifs is 1. The lowest BCUT2D eigenvalue weighted by molar-refractivity contribution is -0.131. The van der Waals surface area contributed by atoms with Crippen molar-refractivity contribution in [1.82, 2.24) is 4.98 Å². The Morgan fingerprint density at radius 1 is 1.50 bits per heavy atom. The van der Waals surface area contributed by atoms with E-state index in [4.69, 9.17) is 4.74 Å². The molecule has 1 aromatic carbocycles. The van der Waals surface area contributed by atoms with Crippen molar-refractivity contribution in [3.05, 3.63) is 28.0 Å². The van der Waals surface area contributed by atoms with Crippen LogP contribution in [-0.4, -0.2) is 11.0 Å². The zero-order valence-corrected chi connectivity index (χ0v) is 9.66. The predicted molar refractivity (Wildman–Crippen MR) is 62.3 cm³/mol. The lowest BCUT2D eigenvalue weighted by Gasteiger charge is -1.98. The average molecular weight is 301 g/mol. The third kappa shape index (κ3) is 1.61. The van der Waals surface area contributed by atoms with E-state index in [1.807, 2.05) is 18.2 Å². The largest absolute Gasteiger partial charge is 0.424 e. The molecule has 0 fully saturated rings. The van der Waals surface area contributed by atoms with E-state index in [1.165, 1.54) is 6.92 Å². The zero-order chi connectivity index (χ0) is 10.1. The van der Waals surface area contributed by atoms with Crippen molar-refractivity contribution in [3.63, 3.8) is 0 Å². The van der Waals surface area contributed by atoms with Gasteiger partial charge in [-0.2, -0.15) is 0 Å². The first-order valence-electron chi connectivity index (χ1n) is 4.12. The van der Waals surface area contributed by atoms with Gasteiger partial charge in [0.2, 0.25) is 0 Å². The molecule has 0 aliphatic carbocycles. The third-order valence-corrected chi connectivity index (χ3v) is 2.78. The second kappa shape index (κ2) is 3.61. The second-order valence-corrected chi connectivity index (χ2v) is 4.07. The smallest absolute Gasteiger partial charge is 0.308 e. The van der Waals surface area contributed by atoms with Gasteiger partial charge in [0.05, 0.1) is 5.52 Å². The number of esters is 1. The summed E-state index contributed by atoms with van der Waals surface area (Å²) in [5.74, 6) is 0.288. The van der Waals surface area contributed by atoms with Gasteiger partial charge in [0.15, 0.2) is 5.75 Å². The number of halogens is 1. The summed E-state index contributed by atoms with van der Waals surface area (Å²) >= 11 is 2.23. The van der Waals surface area contributed by atoms with Crippen LogP contribution in [0.1, 0.15) is 6.92 Å². The van der Waals surface area contributed by atoms with Crippen molar-refractivity contribution in [2.45, 2.75) is 6.92 Å². The van der Waals surface area contributed by atoms with Gasteiger partial charge in [0.1, 0.15) is 0 Å². The fourth-order valence-corrected chi connectivity index (χ4v) is 1.98. The molecular formula is C10H8INO2. The highest BCUT2D eigenvalue weighted by Crippen LogP contribution is 2.28. The first kappa shape index (κ1) is 9.51. The van der Waals surface area contributed by atoms with E-state index >= 15 is 0 Å². The van der Waals surface area contributed by atoms with Crippen LogP contribution in [0.3, 0.4) is 0 Å². The summed E-state index contributed by atoms with van der Waals surface area (Å²) in [5.41, 5.74) is 1.00. The van der Waals surface area contributed by atoms with Crippen molar-refractivity contribution >= 4 is 39.5 Å². The standard InChI is InChI=1S/C10H8INO2/c1-6(13)14-9-5-12-10-7(9)3-2-4-8(10)11/h2-5,12H,1H3. The third-order valence-electron chi connectivity index (χ3n) is 1.88. The number of benzene rings is 1. The summed E-state index contributed by atoms with van der Waals surface area (Å²) < 4.78 is 6.16. The molecule has 0 saturated carbocycles. The van der Waals surface area contributed by atoms with Crippen LogP contribution in [0.2, 0.25) is 0 Å². The summed E-state index contributed by atoms with van der Waals surface area (Å²) in [4.78, 5) is 13.9. The minimum atomic E-state index is -0.301. The van der Waals surface area contributed by atoms with Crippen molar-refractivity contribution in [2.75, 3.05) is 0 Å². The molecule has 3 nitrogen and oxygen atoms in total. The van der Waals surface area contributed by atoms with E-state index in [2.05, 4.69) is 27.6 Å². The normalized spacial score (nSPS) is 10.4. The van der Waals surface area contributed by atoms with Crippen molar-refractivity contribution < 1.29 is 9.53 Å². The number of carbonyl (C=O) groups is 1. The van der Waals surface area contributed by atoms with Crippen molar-refractivity contribution in [1.29, 1.82) is 0 Å².